The van der Waals surface area contributed by atoms with Gasteiger partial charge in [0.25, 0.3) is 0 Å². The summed E-state index contributed by atoms with van der Waals surface area (Å²) in [5, 5.41) is 19.9. The molecule has 0 heterocycles. The summed E-state index contributed by atoms with van der Waals surface area (Å²) in [5.41, 5.74) is 5.17. The first-order valence-electron chi connectivity index (χ1n) is 17.8. The summed E-state index contributed by atoms with van der Waals surface area (Å²) in [4.78, 5) is 65.2. The van der Waals surface area contributed by atoms with Gasteiger partial charge in [-0.25, -0.2) is 14.4 Å². The smallest absolute Gasteiger partial charge is 0.346 e. The van der Waals surface area contributed by atoms with Crippen LogP contribution in [0.5, 0.6) is 17.2 Å². The van der Waals surface area contributed by atoms with Crippen LogP contribution in [0.1, 0.15) is 95.0 Å². The maximum Gasteiger partial charge on any atom is 0.346 e. The maximum absolute atomic E-state index is 13.9. The van der Waals surface area contributed by atoms with Crippen molar-refractivity contribution in [3.05, 3.63) is 118 Å². The van der Waals surface area contributed by atoms with Crippen molar-refractivity contribution in [2.45, 2.75) is 75.2 Å². The predicted octanol–water partition coefficient (Wildman–Crippen LogP) is 9.60. The van der Waals surface area contributed by atoms with Gasteiger partial charge in [-0.2, -0.15) is 12.6 Å². The molecule has 0 aromatic heterocycles. The number of nitroso groups, excluding NO2 is 1. The molecule has 14 heteroatoms. The number of nitrogens with zero attached hydrogens (tertiary/aromatic N) is 1. The minimum absolute atomic E-state index is 0.00751. The summed E-state index contributed by atoms with van der Waals surface area (Å²) >= 11 is 6.85. The van der Waals surface area contributed by atoms with Crippen molar-refractivity contribution in [1.82, 2.24) is 0 Å². The summed E-state index contributed by atoms with van der Waals surface area (Å²) < 4.78 is 23.0. The molecule has 0 aliphatic heterocycles. The van der Waals surface area contributed by atoms with Gasteiger partial charge in [0, 0.05) is 7.11 Å². The topological polar surface area (TPSA) is 175 Å². The molecule has 1 unspecified atom stereocenters. The number of allylic oxidation sites excluding steroid dienone is 3. The molecule has 1 aliphatic rings. The van der Waals surface area contributed by atoms with Gasteiger partial charge in [-0.05, 0) is 156 Å². The number of thiol groups is 1. The van der Waals surface area contributed by atoms with Gasteiger partial charge in [-0.15, -0.1) is 4.91 Å². The Bertz CT molecular complexity index is 2190. The number of aryl methyl sites for hydroxylation is 1. The van der Waals surface area contributed by atoms with Crippen molar-refractivity contribution in [3.63, 3.8) is 0 Å². The number of methoxy groups -OCH3 is 1. The van der Waals surface area contributed by atoms with E-state index >= 15 is 0 Å². The zero-order valence-electron chi connectivity index (χ0n) is 34.3. The van der Waals surface area contributed by atoms with E-state index in [0.717, 1.165) is 7.11 Å². The Labute approximate surface area is 347 Å². The largest absolute Gasteiger partial charge is 0.500 e. The number of esters is 3. The summed E-state index contributed by atoms with van der Waals surface area (Å²) in [5.74, 6) is -3.28. The van der Waals surface area contributed by atoms with E-state index < -0.39 is 29.8 Å². The molecule has 0 fully saturated rings. The highest BCUT2D eigenvalue weighted by atomic mass is 79.9. The number of carbonyl (C=O) groups excluding carboxylic acids is 3. The predicted molar refractivity (Wildman–Crippen MR) is 227 cm³/mol. The van der Waals surface area contributed by atoms with Crippen molar-refractivity contribution in [1.29, 1.82) is 0 Å². The summed E-state index contributed by atoms with van der Waals surface area (Å²) in [6.07, 6.45) is 7.39. The third-order valence-electron chi connectivity index (χ3n) is 9.82. The van der Waals surface area contributed by atoms with E-state index in [1.165, 1.54) is 7.11 Å². The molecule has 0 radical (unpaired) electrons. The first-order chi connectivity index (χ1) is 26.9. The standard InChI is InChI=1S/C41H42BrNO10.CH4O.CH4S/c1-12-26-24(9)29(17-19(4)31(26)40(47)52-36-22(7)20(5)32(38(44)45)25(10)27(36)13-2)51-41(48)33-21(6)23(8)37(34(42)35(33)43-49)53-39(46)28-15-14-18(3)16-30(28)50-11;2*1-2/h14-17,28H,3,12-13H2,1-2,4-11H3,(H,44,45);2*2H,1H3. The minimum atomic E-state index is -1.05. The molecule has 3 aromatic carbocycles. The van der Waals surface area contributed by atoms with Crippen molar-refractivity contribution < 1.29 is 48.3 Å². The average molecular weight is 869 g/mol. The quantitative estimate of drug-likeness (QED) is 0.0724. The van der Waals surface area contributed by atoms with Crippen molar-refractivity contribution in [2.24, 2.45) is 11.1 Å². The van der Waals surface area contributed by atoms with Gasteiger partial charge in [0.2, 0.25) is 0 Å². The van der Waals surface area contributed by atoms with E-state index in [0.29, 0.717) is 85.6 Å². The van der Waals surface area contributed by atoms with Crippen molar-refractivity contribution in [2.75, 3.05) is 20.5 Å². The Balaban J connectivity index is 0.00000271. The summed E-state index contributed by atoms with van der Waals surface area (Å²) in [6, 6.07) is 1.55. The van der Waals surface area contributed by atoms with Crippen LogP contribution in [0.2, 0.25) is 0 Å². The number of aromatic carboxylic acids is 1. The highest BCUT2D eigenvalue weighted by Crippen LogP contribution is 2.44. The lowest BCUT2D eigenvalue weighted by atomic mass is 9.91. The van der Waals surface area contributed by atoms with Gasteiger partial charge >= 0.3 is 23.9 Å². The molecule has 1 atom stereocenters. The second-order valence-corrected chi connectivity index (χ2v) is 13.6. The maximum atomic E-state index is 13.9. The Morgan fingerprint density at radius 2 is 1.33 bits per heavy atom. The molecule has 0 spiro atoms. The molecule has 0 bridgehead atoms. The number of hydrogen-bond acceptors (Lipinski definition) is 12. The number of hydrogen-bond donors (Lipinski definition) is 3. The molecule has 2 N–H and O–H groups in total. The lowest BCUT2D eigenvalue weighted by molar-refractivity contribution is -0.137. The van der Waals surface area contributed by atoms with Crippen LogP contribution < -0.4 is 14.2 Å². The Morgan fingerprint density at radius 1 is 0.789 bits per heavy atom. The molecule has 306 valence electrons. The zero-order chi connectivity index (χ0) is 43.6. The molecular formula is C43H50BrNO11S. The van der Waals surface area contributed by atoms with Crippen LogP contribution in [-0.4, -0.2) is 54.6 Å². The molecule has 57 heavy (non-hydrogen) atoms. The first kappa shape index (κ1) is 48.1. The van der Waals surface area contributed by atoms with Crippen LogP contribution in [0, 0.1) is 59.3 Å². The number of aliphatic hydroxyl groups excluding tert-OH is 1. The normalized spacial score (nSPS) is 12.9. The lowest BCUT2D eigenvalue weighted by Gasteiger charge is -2.22. The van der Waals surface area contributed by atoms with E-state index in [9.17, 15) is 29.2 Å². The number of aliphatic hydroxyl groups is 1. The van der Waals surface area contributed by atoms with Gasteiger partial charge in [0.15, 0.2) is 5.75 Å². The highest BCUT2D eigenvalue weighted by Gasteiger charge is 2.32. The van der Waals surface area contributed by atoms with Gasteiger partial charge in [0.1, 0.15) is 28.9 Å². The Hall–Kier alpha value is -5.05. The molecule has 0 saturated heterocycles. The minimum Gasteiger partial charge on any atom is -0.500 e. The van der Waals surface area contributed by atoms with Crippen LogP contribution in [0.4, 0.5) is 5.69 Å². The molecular weight excluding hydrogens is 818 g/mol. The fourth-order valence-electron chi connectivity index (χ4n) is 6.70. The average Bonchev–Trinajstić information content (AvgIpc) is 3.18. The van der Waals surface area contributed by atoms with E-state index in [2.05, 4.69) is 40.3 Å². The SMILES string of the molecule is C=C1C=CC(C(=O)Oc2c(C)c(C)c(C(=O)Oc3cc(C)c(C(=O)Oc4c(C)c(C)c(C(=O)O)c(C)c4CC)c(CC)c3C)c(N=O)c2Br)C(OC)=C1.CO.CS. The fourth-order valence-corrected chi connectivity index (χ4v) is 7.35. The van der Waals surface area contributed by atoms with Gasteiger partial charge in [0.05, 0.1) is 28.3 Å². The molecule has 3 aromatic rings. The lowest BCUT2D eigenvalue weighted by Crippen LogP contribution is -2.24. The van der Waals surface area contributed by atoms with Crippen LogP contribution in [0.25, 0.3) is 0 Å². The van der Waals surface area contributed by atoms with Gasteiger partial charge in [-0.1, -0.05) is 32.6 Å². The van der Waals surface area contributed by atoms with Crippen LogP contribution >= 0.6 is 28.6 Å². The second kappa shape index (κ2) is 20.9. The zero-order valence-corrected chi connectivity index (χ0v) is 36.8. The Kier molecular flexibility index (Phi) is 17.7. The molecule has 0 amide bonds. The van der Waals surface area contributed by atoms with Gasteiger partial charge < -0.3 is 29.2 Å². The third kappa shape index (κ3) is 9.74. The third-order valence-corrected chi connectivity index (χ3v) is 10.6. The number of carboxylic acid groups (broad SMARTS) is 1. The van der Waals surface area contributed by atoms with E-state index in [1.54, 1.807) is 79.0 Å². The van der Waals surface area contributed by atoms with Gasteiger partial charge in [-0.3, -0.25) is 4.79 Å². The monoisotopic (exact) mass is 867 g/mol. The first-order valence-corrected chi connectivity index (χ1v) is 19.5. The summed E-state index contributed by atoms with van der Waals surface area (Å²) in [6.45, 7) is 19.3. The van der Waals surface area contributed by atoms with Crippen LogP contribution in [0.15, 0.2) is 51.9 Å². The van der Waals surface area contributed by atoms with Crippen molar-refractivity contribution in [3.8, 4) is 17.2 Å². The van der Waals surface area contributed by atoms with Crippen LogP contribution in [0.3, 0.4) is 0 Å². The Morgan fingerprint density at radius 3 is 1.86 bits per heavy atom. The van der Waals surface area contributed by atoms with E-state index in [4.69, 9.17) is 24.1 Å². The molecule has 1 aliphatic carbocycles. The summed E-state index contributed by atoms with van der Waals surface area (Å²) in [7, 11) is 2.43. The number of halogens is 1. The number of rotatable bonds is 11. The molecule has 4 rings (SSSR count). The number of carbonyl (C=O) groups is 4. The number of ether oxygens (including phenoxy) is 4. The van der Waals surface area contributed by atoms with Crippen molar-refractivity contribution >= 4 is 58.1 Å². The van der Waals surface area contributed by atoms with E-state index in [1.807, 2.05) is 13.8 Å². The number of carboxylic acids is 1. The number of benzene rings is 3. The molecule has 12 nitrogen and oxygen atoms in total. The van der Waals surface area contributed by atoms with E-state index in [-0.39, 0.29) is 32.8 Å². The second-order valence-electron chi connectivity index (χ2n) is 12.8. The highest BCUT2D eigenvalue weighted by molar-refractivity contribution is 9.10. The molecule has 0 saturated carbocycles. The fraction of sp³-hybridized carbons (Fsp3) is 0.349. The van der Waals surface area contributed by atoms with Crippen LogP contribution in [-0.2, 0) is 22.4 Å².